The molecule has 0 saturated carbocycles. The van der Waals surface area contributed by atoms with Gasteiger partial charge in [0.25, 0.3) is 0 Å². The van der Waals surface area contributed by atoms with Crippen LogP contribution in [0.2, 0.25) is 10.0 Å². The van der Waals surface area contributed by atoms with E-state index in [-0.39, 0.29) is 11.9 Å². The molecule has 1 nitrogen and oxygen atoms in total. The van der Waals surface area contributed by atoms with Crippen LogP contribution in [-0.2, 0) is 6.42 Å². The quantitative estimate of drug-likeness (QED) is 0.843. The molecule has 0 bridgehead atoms. The van der Waals surface area contributed by atoms with Gasteiger partial charge in [0.15, 0.2) is 0 Å². The Hall–Kier alpha value is -1.09. The lowest BCUT2D eigenvalue weighted by molar-refractivity contribution is 0.530. The van der Waals surface area contributed by atoms with Crippen LogP contribution in [0.15, 0.2) is 36.4 Å². The van der Waals surface area contributed by atoms with Gasteiger partial charge in [-0.3, -0.25) is 0 Å². The Morgan fingerprint density at radius 3 is 2.60 bits per heavy atom. The second-order valence-corrected chi connectivity index (χ2v) is 5.60. The Morgan fingerprint density at radius 1 is 1.20 bits per heavy atom. The van der Waals surface area contributed by atoms with Crippen molar-refractivity contribution in [3.8, 4) is 0 Å². The van der Waals surface area contributed by atoms with Gasteiger partial charge in [-0.2, -0.15) is 0 Å². The van der Waals surface area contributed by atoms with Gasteiger partial charge in [-0.15, -0.1) is 0 Å². The molecule has 0 aliphatic heterocycles. The zero-order valence-corrected chi connectivity index (χ0v) is 12.9. The van der Waals surface area contributed by atoms with E-state index in [4.69, 9.17) is 23.2 Å². The molecule has 0 aromatic heterocycles. The fourth-order valence-electron chi connectivity index (χ4n) is 2.21. The molecular weight excluding hydrogens is 296 g/mol. The van der Waals surface area contributed by atoms with Crippen LogP contribution in [0.25, 0.3) is 0 Å². The third-order valence-corrected chi connectivity index (χ3v) is 3.97. The molecule has 2 aromatic rings. The van der Waals surface area contributed by atoms with Crippen LogP contribution < -0.4 is 5.32 Å². The maximum absolute atomic E-state index is 14.2. The van der Waals surface area contributed by atoms with Crippen LogP contribution in [0, 0.1) is 12.7 Å². The summed E-state index contributed by atoms with van der Waals surface area (Å²) < 4.78 is 14.2. The molecule has 2 rings (SSSR count). The number of halogens is 3. The highest BCUT2D eigenvalue weighted by Gasteiger charge is 2.17. The number of rotatable bonds is 4. The zero-order valence-electron chi connectivity index (χ0n) is 11.4. The molecule has 2 aromatic carbocycles. The van der Waals surface area contributed by atoms with E-state index in [9.17, 15) is 4.39 Å². The lowest BCUT2D eigenvalue weighted by Gasteiger charge is -2.19. The zero-order chi connectivity index (χ0) is 14.7. The first-order valence-corrected chi connectivity index (χ1v) is 7.14. The van der Waals surface area contributed by atoms with Crippen molar-refractivity contribution in [1.82, 2.24) is 5.32 Å². The summed E-state index contributed by atoms with van der Waals surface area (Å²) in [5.74, 6) is -0.170. The first-order valence-electron chi connectivity index (χ1n) is 6.39. The van der Waals surface area contributed by atoms with E-state index in [0.29, 0.717) is 27.6 Å². The molecule has 20 heavy (non-hydrogen) atoms. The van der Waals surface area contributed by atoms with Gasteiger partial charge in [-0.1, -0.05) is 47.5 Å². The number of nitrogens with one attached hydrogen (secondary N) is 1. The second-order valence-electron chi connectivity index (χ2n) is 4.76. The lowest BCUT2D eigenvalue weighted by Crippen LogP contribution is -2.20. The van der Waals surface area contributed by atoms with Crippen LogP contribution in [0.5, 0.6) is 0 Å². The third kappa shape index (κ3) is 3.32. The maximum Gasteiger partial charge on any atom is 0.130 e. The predicted molar refractivity (Wildman–Crippen MR) is 83.1 cm³/mol. The molecule has 4 heteroatoms. The van der Waals surface area contributed by atoms with Crippen LogP contribution >= 0.6 is 23.2 Å². The summed E-state index contributed by atoms with van der Waals surface area (Å²) in [5.41, 5.74) is 2.24. The molecule has 1 N–H and O–H groups in total. The first-order chi connectivity index (χ1) is 9.52. The number of hydrogen-bond acceptors (Lipinski definition) is 1. The number of aryl methyl sites for hydroxylation is 1. The third-order valence-electron chi connectivity index (χ3n) is 3.38. The summed E-state index contributed by atoms with van der Waals surface area (Å²) in [6.45, 7) is 1.76. The fraction of sp³-hybridized carbons (Fsp3) is 0.250. The lowest BCUT2D eigenvalue weighted by atomic mass is 9.97. The van der Waals surface area contributed by atoms with Gasteiger partial charge < -0.3 is 5.32 Å². The molecule has 0 aliphatic carbocycles. The Labute approximate surface area is 128 Å². The maximum atomic E-state index is 14.2. The molecule has 0 heterocycles. The number of hydrogen-bond donors (Lipinski definition) is 1. The van der Waals surface area contributed by atoms with Crippen molar-refractivity contribution >= 4 is 23.2 Å². The van der Waals surface area contributed by atoms with Crippen LogP contribution in [0.3, 0.4) is 0 Å². The summed E-state index contributed by atoms with van der Waals surface area (Å²) in [7, 11) is 1.82. The van der Waals surface area contributed by atoms with Crippen LogP contribution in [-0.4, -0.2) is 7.05 Å². The fourth-order valence-corrected chi connectivity index (χ4v) is 2.70. The van der Waals surface area contributed by atoms with Crippen molar-refractivity contribution in [3.63, 3.8) is 0 Å². The van der Waals surface area contributed by atoms with E-state index in [2.05, 4.69) is 5.32 Å². The Kier molecular flexibility index (Phi) is 5.03. The minimum absolute atomic E-state index is 0.131. The molecule has 0 aliphatic rings. The van der Waals surface area contributed by atoms with Crippen molar-refractivity contribution in [3.05, 3.63) is 69.0 Å². The normalized spacial score (nSPS) is 12.4. The van der Waals surface area contributed by atoms with Crippen LogP contribution in [0.1, 0.15) is 22.7 Å². The van der Waals surface area contributed by atoms with Gasteiger partial charge in [-0.25, -0.2) is 4.39 Å². The van der Waals surface area contributed by atoms with Crippen molar-refractivity contribution in [1.29, 1.82) is 0 Å². The van der Waals surface area contributed by atoms with E-state index in [1.165, 1.54) is 0 Å². The molecule has 0 spiro atoms. The molecule has 1 unspecified atom stereocenters. The van der Waals surface area contributed by atoms with E-state index in [0.717, 1.165) is 5.56 Å². The summed E-state index contributed by atoms with van der Waals surface area (Å²) in [6.07, 6.45) is 0.604. The number of benzene rings is 2. The van der Waals surface area contributed by atoms with Crippen molar-refractivity contribution in [2.75, 3.05) is 7.05 Å². The number of likely N-dealkylation sites (N-methyl/N-ethyl adjacent to an activating group) is 1. The average Bonchev–Trinajstić information content (AvgIpc) is 2.42. The van der Waals surface area contributed by atoms with Crippen LogP contribution in [0.4, 0.5) is 4.39 Å². The highest BCUT2D eigenvalue weighted by molar-refractivity contribution is 6.35. The topological polar surface area (TPSA) is 12.0 Å². The predicted octanol–water partition coefficient (Wildman–Crippen LogP) is 4.94. The molecular formula is C16H16Cl2FN. The summed E-state index contributed by atoms with van der Waals surface area (Å²) in [4.78, 5) is 0. The highest BCUT2D eigenvalue weighted by Crippen LogP contribution is 2.27. The molecule has 106 valence electrons. The molecule has 0 fully saturated rings. The Morgan fingerprint density at radius 2 is 1.95 bits per heavy atom. The summed E-state index contributed by atoms with van der Waals surface area (Å²) in [6, 6.07) is 10.7. The van der Waals surface area contributed by atoms with Gasteiger partial charge in [0.1, 0.15) is 5.82 Å². The SMILES string of the molecule is CNC(Cc1ccc(Cl)cc1Cl)c1cccc(C)c1F. The van der Waals surface area contributed by atoms with Gasteiger partial charge in [0.2, 0.25) is 0 Å². The molecule has 0 radical (unpaired) electrons. The van der Waals surface area contributed by atoms with E-state index in [1.54, 1.807) is 31.2 Å². The summed E-state index contributed by atoms with van der Waals surface area (Å²) >= 11 is 12.1. The second kappa shape index (κ2) is 6.57. The van der Waals surface area contributed by atoms with Gasteiger partial charge in [0, 0.05) is 21.7 Å². The van der Waals surface area contributed by atoms with Gasteiger partial charge in [0.05, 0.1) is 0 Å². The first kappa shape index (κ1) is 15.3. The van der Waals surface area contributed by atoms with Gasteiger partial charge >= 0.3 is 0 Å². The molecule has 1 atom stereocenters. The Balaban J connectivity index is 2.31. The smallest absolute Gasteiger partial charge is 0.130 e. The van der Waals surface area contributed by atoms with Gasteiger partial charge in [-0.05, 0) is 43.7 Å². The average molecular weight is 312 g/mol. The molecule has 0 amide bonds. The largest absolute Gasteiger partial charge is 0.313 e. The Bertz CT molecular complexity index is 613. The van der Waals surface area contributed by atoms with E-state index in [1.807, 2.05) is 19.2 Å². The minimum Gasteiger partial charge on any atom is -0.313 e. The standard InChI is InChI=1S/C16H16Cl2FN/c1-10-4-3-5-13(16(10)19)15(20-2)8-11-6-7-12(17)9-14(11)18/h3-7,9,15,20H,8H2,1-2H3. The van der Waals surface area contributed by atoms with Crippen molar-refractivity contribution < 1.29 is 4.39 Å². The van der Waals surface area contributed by atoms with Crippen molar-refractivity contribution in [2.24, 2.45) is 0 Å². The van der Waals surface area contributed by atoms with E-state index < -0.39 is 0 Å². The monoisotopic (exact) mass is 311 g/mol. The molecule has 0 saturated heterocycles. The highest BCUT2D eigenvalue weighted by atomic mass is 35.5. The van der Waals surface area contributed by atoms with E-state index >= 15 is 0 Å². The summed E-state index contributed by atoms with van der Waals surface area (Å²) in [5, 5.41) is 4.35. The van der Waals surface area contributed by atoms with Crippen molar-refractivity contribution in [2.45, 2.75) is 19.4 Å². The minimum atomic E-state index is -0.170.